The van der Waals surface area contributed by atoms with Crippen molar-refractivity contribution >= 4 is 85.1 Å². The number of methoxy groups -OCH3 is 2. The summed E-state index contributed by atoms with van der Waals surface area (Å²) < 4.78 is 13.5. The van der Waals surface area contributed by atoms with Gasteiger partial charge in [0, 0.05) is 34.5 Å². The minimum Gasteiger partial charge on any atom is -0.497 e. The van der Waals surface area contributed by atoms with Crippen LogP contribution in [0.1, 0.15) is 65.7 Å². The van der Waals surface area contributed by atoms with Crippen molar-refractivity contribution < 1.29 is 28.9 Å². The molecule has 0 aliphatic carbocycles. The minimum absolute atomic E-state index is 0.0194. The van der Waals surface area contributed by atoms with E-state index in [0.717, 1.165) is 11.1 Å². The van der Waals surface area contributed by atoms with Gasteiger partial charge in [-0.3, -0.25) is 49.1 Å². The average Bonchev–Trinajstić information content (AvgIpc) is 3.84. The molecule has 2 N–H and O–H groups in total. The van der Waals surface area contributed by atoms with E-state index < -0.39 is 9.85 Å². The van der Waals surface area contributed by atoms with Crippen molar-refractivity contribution in [2.75, 3.05) is 24.9 Å². The Morgan fingerprint density at radius 3 is 1.42 bits per heavy atom. The lowest BCUT2D eigenvalue weighted by Crippen LogP contribution is -2.09. The molecular weight excluding hydrogens is 1020 g/mol. The first-order chi connectivity index (χ1) is 34.1. The third-order valence-electron chi connectivity index (χ3n) is 11.1. The Morgan fingerprint density at radius 2 is 1.03 bits per heavy atom. The molecular formula is C50H43BrCl2N10O8. The Bertz CT molecular complexity index is 3290. The lowest BCUT2D eigenvalue weighted by molar-refractivity contribution is -0.384. The monoisotopic (exact) mass is 1060 g/mol. The number of hydrogen-bond donors (Lipinski definition) is 2. The lowest BCUT2D eigenvalue weighted by atomic mass is 10.0. The number of pyridine rings is 2. The van der Waals surface area contributed by atoms with Gasteiger partial charge in [0.2, 0.25) is 11.6 Å². The standard InChI is InChI=1S/C25H21BrClN5O4.C25H22ClN5O4/c1-15-23(32(34)35)25(30-31(15)14-16-7-9-18(36-2)10-8-16)29-22-11-17(12-26)28-13-20(22)24(33)19-5-3-4-6-21(19)27;1-15-12-22(20(13-27-15)24(32)19-6-4-5-7-21(19)26)28-25-23(31(33)34)16(2)30(29-25)14-17-8-10-18(35-3)11-9-17/h3-11,13H,12,14H2,1-2H3,(H,28,29,30);4-13H,14H2,1-3H3,(H,27,28,29). The zero-order valence-electron chi connectivity index (χ0n) is 38.6. The molecule has 18 nitrogen and oxygen atoms in total. The SMILES string of the molecule is COc1ccc(Cn2nc(Nc3cc(C)ncc3C(=O)c3ccccc3Cl)c([N+](=O)[O-])c2C)cc1.COc1ccc(Cn2nc(Nc3cc(CBr)ncc3C(=O)c3ccccc3Cl)c([N+](=O)[O-])c2C)cc1. The Kier molecular flexibility index (Phi) is 16.2. The molecule has 0 unspecified atom stereocenters. The van der Waals surface area contributed by atoms with E-state index in [0.29, 0.717) is 85.2 Å². The molecule has 8 aromatic rings. The van der Waals surface area contributed by atoms with Crippen LogP contribution in [-0.4, -0.2) is 65.2 Å². The maximum absolute atomic E-state index is 13.3. The molecule has 4 heterocycles. The van der Waals surface area contributed by atoms with Gasteiger partial charge < -0.3 is 20.1 Å². The predicted molar refractivity (Wildman–Crippen MR) is 274 cm³/mol. The van der Waals surface area contributed by atoms with Gasteiger partial charge in [-0.2, -0.15) is 0 Å². The first-order valence-corrected chi connectivity index (χ1v) is 23.3. The number of rotatable bonds is 17. The first kappa shape index (κ1) is 50.9. The van der Waals surface area contributed by atoms with Crippen LogP contribution >= 0.6 is 39.1 Å². The maximum atomic E-state index is 13.3. The van der Waals surface area contributed by atoms with Gasteiger partial charge in [0.15, 0.2) is 11.6 Å². The van der Waals surface area contributed by atoms with E-state index in [1.807, 2.05) is 48.5 Å². The summed E-state index contributed by atoms with van der Waals surface area (Å²) >= 11 is 15.8. The number of hydrogen-bond acceptors (Lipinski definition) is 14. The third kappa shape index (κ3) is 11.7. The molecule has 71 heavy (non-hydrogen) atoms. The number of anilines is 4. The van der Waals surface area contributed by atoms with Crippen LogP contribution in [-0.2, 0) is 18.4 Å². The zero-order valence-corrected chi connectivity index (χ0v) is 41.7. The summed E-state index contributed by atoms with van der Waals surface area (Å²) in [5.41, 5.74) is 5.14. The summed E-state index contributed by atoms with van der Waals surface area (Å²) in [6.07, 6.45) is 2.86. The molecule has 0 atom stereocenters. The Balaban J connectivity index is 0.000000209. The summed E-state index contributed by atoms with van der Waals surface area (Å²) in [6.45, 7) is 5.66. The second-order valence-electron chi connectivity index (χ2n) is 15.7. The van der Waals surface area contributed by atoms with E-state index >= 15 is 0 Å². The molecule has 4 aromatic carbocycles. The number of carbonyl (C=O) groups excluding carboxylic acids is 2. The number of alkyl halides is 1. The summed E-state index contributed by atoms with van der Waals surface area (Å²) in [4.78, 5) is 58.0. The normalized spacial score (nSPS) is 10.8. The molecule has 362 valence electrons. The Labute approximate surface area is 425 Å². The number of aromatic nitrogens is 6. The molecule has 0 saturated heterocycles. The third-order valence-corrected chi connectivity index (χ3v) is 12.3. The highest BCUT2D eigenvalue weighted by Crippen LogP contribution is 2.35. The van der Waals surface area contributed by atoms with E-state index in [4.69, 9.17) is 32.7 Å². The highest BCUT2D eigenvalue weighted by atomic mass is 79.9. The number of ether oxygens (including phenoxy) is 2. The van der Waals surface area contributed by atoms with E-state index in [1.54, 1.807) is 105 Å². The number of halogens is 3. The van der Waals surface area contributed by atoms with Crippen LogP contribution in [0, 0.1) is 41.0 Å². The maximum Gasteiger partial charge on any atom is 0.334 e. The molecule has 0 aliphatic rings. The van der Waals surface area contributed by atoms with Gasteiger partial charge in [-0.25, -0.2) is 0 Å². The zero-order chi connectivity index (χ0) is 50.9. The largest absolute Gasteiger partial charge is 0.497 e. The molecule has 0 amide bonds. The van der Waals surface area contributed by atoms with Crippen LogP contribution in [0.15, 0.2) is 122 Å². The molecule has 0 bridgehead atoms. The number of aryl methyl sites for hydroxylation is 1. The quantitative estimate of drug-likeness (QED) is 0.0375. The molecule has 0 spiro atoms. The number of benzene rings is 4. The van der Waals surface area contributed by atoms with E-state index in [9.17, 15) is 29.8 Å². The number of nitrogens with one attached hydrogen (secondary N) is 2. The van der Waals surface area contributed by atoms with Crippen LogP contribution in [0.3, 0.4) is 0 Å². The van der Waals surface area contributed by atoms with Crippen molar-refractivity contribution in [3.05, 3.63) is 208 Å². The van der Waals surface area contributed by atoms with Gasteiger partial charge in [0.25, 0.3) is 0 Å². The second kappa shape index (κ2) is 22.6. The number of nitro groups is 2. The van der Waals surface area contributed by atoms with E-state index in [2.05, 4.69) is 46.7 Å². The summed E-state index contributed by atoms with van der Waals surface area (Å²) in [7, 11) is 3.17. The fourth-order valence-electron chi connectivity index (χ4n) is 7.33. The molecule has 0 fully saturated rings. The van der Waals surface area contributed by atoms with Crippen molar-refractivity contribution in [1.29, 1.82) is 0 Å². The van der Waals surface area contributed by atoms with Crippen LogP contribution < -0.4 is 20.1 Å². The van der Waals surface area contributed by atoms with Crippen LogP contribution in [0.4, 0.5) is 34.4 Å². The van der Waals surface area contributed by atoms with Crippen molar-refractivity contribution in [2.24, 2.45) is 0 Å². The van der Waals surface area contributed by atoms with Gasteiger partial charge in [-0.15, -0.1) is 10.2 Å². The van der Waals surface area contributed by atoms with Crippen molar-refractivity contribution in [3.63, 3.8) is 0 Å². The summed E-state index contributed by atoms with van der Waals surface area (Å²) in [5.74, 6) is 0.741. The van der Waals surface area contributed by atoms with Crippen LogP contribution in [0.5, 0.6) is 11.5 Å². The Morgan fingerprint density at radius 1 is 0.620 bits per heavy atom. The minimum atomic E-state index is -0.489. The smallest absolute Gasteiger partial charge is 0.334 e. The Hall–Kier alpha value is -8.00. The first-order valence-electron chi connectivity index (χ1n) is 21.4. The molecule has 8 rings (SSSR count). The fraction of sp³-hybridized carbons (Fsp3) is 0.160. The topological polar surface area (TPSA) is 224 Å². The average molecular weight is 1060 g/mol. The molecule has 0 saturated carbocycles. The van der Waals surface area contributed by atoms with E-state index in [-0.39, 0.29) is 45.7 Å². The molecule has 0 aliphatic heterocycles. The van der Waals surface area contributed by atoms with Gasteiger partial charge in [0.1, 0.15) is 22.9 Å². The predicted octanol–water partition coefficient (Wildman–Crippen LogP) is 11.6. The molecule has 0 radical (unpaired) electrons. The van der Waals surface area contributed by atoms with Crippen molar-refractivity contribution in [2.45, 2.75) is 39.2 Å². The van der Waals surface area contributed by atoms with Crippen molar-refractivity contribution in [1.82, 2.24) is 29.5 Å². The van der Waals surface area contributed by atoms with Crippen molar-refractivity contribution in [3.8, 4) is 11.5 Å². The number of ketones is 2. The highest BCUT2D eigenvalue weighted by Gasteiger charge is 2.29. The van der Waals surface area contributed by atoms with E-state index in [1.165, 1.54) is 12.4 Å². The second-order valence-corrected chi connectivity index (χ2v) is 17.1. The fourth-order valence-corrected chi connectivity index (χ4v) is 8.08. The summed E-state index contributed by atoms with van der Waals surface area (Å²) in [5, 5.41) is 39.9. The van der Waals surface area contributed by atoms with Crippen LogP contribution in [0.25, 0.3) is 0 Å². The van der Waals surface area contributed by atoms with Gasteiger partial charge >= 0.3 is 11.4 Å². The lowest BCUT2D eigenvalue weighted by Gasteiger charge is -2.11. The number of carbonyl (C=O) groups is 2. The highest BCUT2D eigenvalue weighted by molar-refractivity contribution is 9.08. The molecule has 4 aromatic heterocycles. The van der Waals surface area contributed by atoms with Crippen LogP contribution in [0.2, 0.25) is 10.0 Å². The van der Waals surface area contributed by atoms with Gasteiger partial charge in [-0.05, 0) is 92.6 Å². The number of nitrogens with zero attached hydrogens (tertiary/aromatic N) is 8. The summed E-state index contributed by atoms with van der Waals surface area (Å²) in [6, 6.07) is 31.4. The van der Waals surface area contributed by atoms with Gasteiger partial charge in [-0.1, -0.05) is 87.7 Å². The van der Waals surface area contributed by atoms with Gasteiger partial charge in [0.05, 0.1) is 75.4 Å². The molecule has 21 heteroatoms.